The lowest BCUT2D eigenvalue weighted by molar-refractivity contribution is -0.125. The van der Waals surface area contributed by atoms with Crippen LogP contribution in [0, 0.1) is 6.92 Å². The van der Waals surface area contributed by atoms with Gasteiger partial charge >= 0.3 is 0 Å². The second kappa shape index (κ2) is 7.75. The Morgan fingerprint density at radius 3 is 2.76 bits per heavy atom. The van der Waals surface area contributed by atoms with Crippen LogP contribution in [0.3, 0.4) is 0 Å². The van der Waals surface area contributed by atoms with Gasteiger partial charge in [-0.3, -0.25) is 14.4 Å². The zero-order chi connectivity index (χ0) is 20.4. The highest BCUT2D eigenvalue weighted by atomic mass is 16.2. The van der Waals surface area contributed by atoms with E-state index in [-0.39, 0.29) is 18.2 Å². The molecule has 4 rings (SSSR count). The summed E-state index contributed by atoms with van der Waals surface area (Å²) < 4.78 is 2.03. The monoisotopic (exact) mass is 391 g/mol. The molecule has 1 aliphatic heterocycles. The van der Waals surface area contributed by atoms with Crippen LogP contribution in [0.5, 0.6) is 0 Å². The van der Waals surface area contributed by atoms with Crippen molar-refractivity contribution in [1.82, 2.24) is 20.2 Å². The number of amides is 3. The molecule has 0 bridgehead atoms. The molecule has 0 fully saturated rings. The normalized spacial score (nSPS) is 16.0. The lowest BCUT2D eigenvalue weighted by Gasteiger charge is -2.15. The third-order valence-corrected chi connectivity index (χ3v) is 4.94. The Hall–Kier alpha value is -3.68. The van der Waals surface area contributed by atoms with Crippen molar-refractivity contribution in [1.29, 1.82) is 0 Å². The largest absolute Gasteiger partial charge is 0.354 e. The first kappa shape index (κ1) is 18.7. The van der Waals surface area contributed by atoms with E-state index in [9.17, 15) is 14.4 Å². The number of hydrogen-bond acceptors (Lipinski definition) is 4. The maximum atomic E-state index is 12.4. The number of rotatable bonds is 5. The minimum Gasteiger partial charge on any atom is -0.354 e. The Morgan fingerprint density at radius 1 is 1.14 bits per heavy atom. The number of aryl methyl sites for hydroxylation is 1. The number of aromatic nitrogens is 2. The third kappa shape index (κ3) is 3.82. The number of anilines is 1. The average molecular weight is 391 g/mol. The number of imidazole rings is 1. The minimum absolute atomic E-state index is 0.130. The lowest BCUT2D eigenvalue weighted by atomic mass is 10.1. The number of nitrogens with zero attached hydrogens (tertiary/aromatic N) is 2. The summed E-state index contributed by atoms with van der Waals surface area (Å²) in [5.74, 6) is -0.223. The molecule has 0 saturated heterocycles. The second-order valence-electron chi connectivity index (χ2n) is 6.91. The van der Waals surface area contributed by atoms with Gasteiger partial charge in [0.2, 0.25) is 11.8 Å². The maximum Gasteiger partial charge on any atom is 0.254 e. The first-order valence-electron chi connectivity index (χ1n) is 9.42. The van der Waals surface area contributed by atoms with Crippen LogP contribution in [0.4, 0.5) is 5.69 Å². The number of hydrogen-bond donors (Lipinski definition) is 3. The summed E-state index contributed by atoms with van der Waals surface area (Å²) in [7, 11) is 0. The van der Waals surface area contributed by atoms with Gasteiger partial charge in [0.1, 0.15) is 11.9 Å². The quantitative estimate of drug-likeness (QED) is 0.614. The molecule has 3 amide bonds. The van der Waals surface area contributed by atoms with Gasteiger partial charge in [-0.05, 0) is 31.2 Å². The van der Waals surface area contributed by atoms with Gasteiger partial charge in [-0.1, -0.05) is 24.3 Å². The van der Waals surface area contributed by atoms with E-state index in [2.05, 4.69) is 20.9 Å². The van der Waals surface area contributed by atoms with E-state index in [1.54, 1.807) is 24.3 Å². The van der Waals surface area contributed by atoms with Crippen molar-refractivity contribution in [2.75, 3.05) is 11.9 Å². The number of nitrogens with one attached hydrogen (secondary N) is 3. The van der Waals surface area contributed by atoms with E-state index in [4.69, 9.17) is 0 Å². The van der Waals surface area contributed by atoms with Crippen LogP contribution in [0.1, 0.15) is 22.6 Å². The number of para-hydroxylation sites is 3. The van der Waals surface area contributed by atoms with Crippen LogP contribution in [0.2, 0.25) is 0 Å². The molecular weight excluding hydrogens is 370 g/mol. The molecule has 0 radical (unpaired) electrons. The van der Waals surface area contributed by atoms with Gasteiger partial charge in [0.15, 0.2) is 0 Å². The fraction of sp³-hybridized carbons (Fsp3) is 0.238. The molecule has 29 heavy (non-hydrogen) atoms. The number of fused-ring (bicyclic) bond motifs is 2. The zero-order valence-corrected chi connectivity index (χ0v) is 15.9. The predicted octanol–water partition coefficient (Wildman–Crippen LogP) is 1.60. The lowest BCUT2D eigenvalue weighted by Crippen LogP contribution is -2.44. The van der Waals surface area contributed by atoms with Crippen molar-refractivity contribution in [3.05, 3.63) is 59.9 Å². The van der Waals surface area contributed by atoms with Gasteiger partial charge in [0.25, 0.3) is 5.91 Å². The van der Waals surface area contributed by atoms with Crippen molar-refractivity contribution < 1.29 is 14.4 Å². The van der Waals surface area contributed by atoms with Crippen LogP contribution < -0.4 is 16.0 Å². The average Bonchev–Trinajstić information content (AvgIpc) is 2.96. The molecule has 8 nitrogen and oxygen atoms in total. The molecule has 1 aromatic heterocycles. The van der Waals surface area contributed by atoms with Gasteiger partial charge in [0, 0.05) is 13.1 Å². The van der Waals surface area contributed by atoms with Crippen LogP contribution in [-0.4, -0.2) is 39.9 Å². The molecule has 148 valence electrons. The van der Waals surface area contributed by atoms with Crippen LogP contribution >= 0.6 is 0 Å². The van der Waals surface area contributed by atoms with Crippen LogP contribution in [0.25, 0.3) is 11.0 Å². The Bertz CT molecular complexity index is 1100. The molecule has 1 aliphatic rings. The SMILES string of the molecule is Cc1nc2ccccc2n1CCNC(=O)C[C@H]1NC(=O)c2ccccc2NC1=O. The first-order valence-corrected chi connectivity index (χ1v) is 9.42. The second-order valence-corrected chi connectivity index (χ2v) is 6.91. The van der Waals surface area contributed by atoms with Crippen molar-refractivity contribution >= 4 is 34.4 Å². The fourth-order valence-electron chi connectivity index (χ4n) is 3.50. The summed E-state index contributed by atoms with van der Waals surface area (Å²) >= 11 is 0. The molecule has 2 aromatic carbocycles. The molecule has 1 atom stereocenters. The summed E-state index contributed by atoms with van der Waals surface area (Å²) in [4.78, 5) is 41.6. The molecule has 8 heteroatoms. The number of benzene rings is 2. The van der Waals surface area contributed by atoms with Crippen molar-refractivity contribution in [3.63, 3.8) is 0 Å². The van der Waals surface area contributed by atoms with Crippen LogP contribution in [-0.2, 0) is 16.1 Å². The summed E-state index contributed by atoms with van der Waals surface area (Å²) in [5.41, 5.74) is 2.74. The molecule has 0 saturated carbocycles. The molecular formula is C21H21N5O3. The van der Waals surface area contributed by atoms with E-state index in [0.29, 0.717) is 24.3 Å². The van der Waals surface area contributed by atoms with E-state index < -0.39 is 11.9 Å². The Morgan fingerprint density at radius 2 is 1.90 bits per heavy atom. The Balaban J connectivity index is 1.36. The van der Waals surface area contributed by atoms with E-state index in [1.807, 2.05) is 35.8 Å². The topological polar surface area (TPSA) is 105 Å². The van der Waals surface area contributed by atoms with Gasteiger partial charge in [-0.15, -0.1) is 0 Å². The number of carbonyl (C=O) groups is 3. The van der Waals surface area contributed by atoms with Crippen molar-refractivity contribution in [2.24, 2.45) is 0 Å². The highest BCUT2D eigenvalue weighted by molar-refractivity contribution is 6.10. The van der Waals surface area contributed by atoms with Gasteiger partial charge in [-0.25, -0.2) is 4.98 Å². The summed E-state index contributed by atoms with van der Waals surface area (Å²) in [6.07, 6.45) is -0.130. The van der Waals surface area contributed by atoms with Crippen LogP contribution in [0.15, 0.2) is 48.5 Å². The fourth-order valence-corrected chi connectivity index (χ4v) is 3.50. The Kier molecular flexibility index (Phi) is 4.99. The molecule has 2 heterocycles. The van der Waals surface area contributed by atoms with E-state index >= 15 is 0 Å². The first-order chi connectivity index (χ1) is 14.0. The maximum absolute atomic E-state index is 12.4. The molecule has 3 aromatic rings. The van der Waals surface area contributed by atoms with Crippen molar-refractivity contribution in [3.8, 4) is 0 Å². The Labute approximate surface area is 167 Å². The standard InChI is InChI=1S/C21H21N5O3/c1-13-23-16-8-4-5-9-18(16)26(13)11-10-22-19(27)12-17-21(29)24-15-7-3-2-6-14(15)20(28)25-17/h2-9,17H,10-12H2,1H3,(H,22,27)(H,24,29)(H,25,28)/t17-/m1/s1. The van der Waals surface area contributed by atoms with E-state index in [1.165, 1.54) is 0 Å². The highest BCUT2D eigenvalue weighted by Crippen LogP contribution is 2.19. The molecule has 0 spiro atoms. The highest BCUT2D eigenvalue weighted by Gasteiger charge is 2.29. The van der Waals surface area contributed by atoms with Gasteiger partial charge < -0.3 is 20.5 Å². The zero-order valence-electron chi connectivity index (χ0n) is 15.9. The molecule has 0 unspecified atom stereocenters. The smallest absolute Gasteiger partial charge is 0.254 e. The number of carbonyl (C=O) groups excluding carboxylic acids is 3. The minimum atomic E-state index is -0.925. The molecule has 0 aliphatic carbocycles. The third-order valence-electron chi connectivity index (χ3n) is 4.94. The molecule has 3 N–H and O–H groups in total. The summed E-state index contributed by atoms with van der Waals surface area (Å²) in [6, 6.07) is 13.6. The van der Waals surface area contributed by atoms with Crippen molar-refractivity contribution in [2.45, 2.75) is 25.9 Å². The summed E-state index contributed by atoms with van der Waals surface area (Å²) in [5, 5.41) is 8.14. The van der Waals surface area contributed by atoms with Gasteiger partial charge in [-0.2, -0.15) is 0 Å². The predicted molar refractivity (Wildman–Crippen MR) is 108 cm³/mol. The van der Waals surface area contributed by atoms with Gasteiger partial charge in [0.05, 0.1) is 28.7 Å². The summed E-state index contributed by atoms with van der Waals surface area (Å²) in [6.45, 7) is 2.88. The van der Waals surface area contributed by atoms with E-state index in [0.717, 1.165) is 16.9 Å².